The number of rotatable bonds is 3. The number of carbonyl (C=O) groups is 2. The van der Waals surface area contributed by atoms with Crippen LogP contribution in [0.3, 0.4) is 0 Å². The van der Waals surface area contributed by atoms with Crippen molar-refractivity contribution in [2.45, 2.75) is 32.8 Å². The van der Waals surface area contributed by atoms with E-state index in [9.17, 15) is 14.0 Å². The van der Waals surface area contributed by atoms with Crippen molar-refractivity contribution >= 4 is 23.4 Å². The van der Waals surface area contributed by atoms with E-state index in [0.717, 1.165) is 6.07 Å². The molecule has 0 fully saturated rings. The molecule has 0 aliphatic carbocycles. The summed E-state index contributed by atoms with van der Waals surface area (Å²) in [5.74, 6) is -1.26. The molecule has 1 rings (SSSR count). The van der Waals surface area contributed by atoms with Gasteiger partial charge in [0.15, 0.2) is 0 Å². The van der Waals surface area contributed by atoms with Crippen LogP contribution in [0.1, 0.15) is 27.2 Å². The zero-order valence-corrected chi connectivity index (χ0v) is 12.0. The average Bonchev–Trinajstić information content (AvgIpc) is 2.30. The summed E-state index contributed by atoms with van der Waals surface area (Å²) in [5.41, 5.74) is -0.559. The molecule has 0 radical (unpaired) electrons. The van der Waals surface area contributed by atoms with Crippen molar-refractivity contribution in [3.63, 3.8) is 0 Å². The van der Waals surface area contributed by atoms with Gasteiger partial charge in [-0.25, -0.2) is 9.18 Å². The highest BCUT2D eigenvalue weighted by Gasteiger charge is 2.17. The Morgan fingerprint density at radius 2 is 2.00 bits per heavy atom. The van der Waals surface area contributed by atoms with Crippen LogP contribution < -0.4 is 10.6 Å². The molecule has 112 valence electrons. The van der Waals surface area contributed by atoms with Gasteiger partial charge in [-0.1, -0.05) is 0 Å². The minimum absolute atomic E-state index is 0.0671. The highest BCUT2D eigenvalue weighted by atomic mass is 19.1. The molecule has 0 saturated heterocycles. The molecule has 0 atom stereocenters. The molecule has 0 aliphatic rings. The van der Waals surface area contributed by atoms with E-state index in [0.29, 0.717) is 0 Å². The van der Waals surface area contributed by atoms with Crippen LogP contribution in [0.2, 0.25) is 0 Å². The first-order valence-corrected chi connectivity index (χ1v) is 6.17. The van der Waals surface area contributed by atoms with E-state index < -0.39 is 23.4 Å². The molecule has 1 aromatic rings. The number of hydrogen-bond donors (Lipinski definition) is 2. The first kappa shape index (κ1) is 16.4. The van der Waals surface area contributed by atoms with Crippen molar-refractivity contribution in [3.05, 3.63) is 24.0 Å². The maximum atomic E-state index is 13.8. The van der Waals surface area contributed by atoms with E-state index in [1.165, 1.54) is 12.1 Å². The van der Waals surface area contributed by atoms with Crippen molar-refractivity contribution in [1.82, 2.24) is 0 Å². The fourth-order valence-electron chi connectivity index (χ4n) is 1.38. The van der Waals surface area contributed by atoms with Gasteiger partial charge in [0, 0.05) is 5.69 Å². The summed E-state index contributed by atoms with van der Waals surface area (Å²) in [6, 6.07) is 5.43. The molecule has 0 unspecified atom stereocenters. The molecule has 0 saturated carbocycles. The predicted molar refractivity (Wildman–Crippen MR) is 75.1 cm³/mol. The minimum atomic E-state index is -0.775. The number of benzene rings is 1. The van der Waals surface area contributed by atoms with Gasteiger partial charge in [0.25, 0.3) is 0 Å². The van der Waals surface area contributed by atoms with E-state index in [1.807, 2.05) is 0 Å². The molecule has 6 nitrogen and oxygen atoms in total. The molecule has 0 aromatic heterocycles. The number of anilines is 2. The summed E-state index contributed by atoms with van der Waals surface area (Å²) in [6.07, 6.45) is -1.10. The molecule has 0 spiro atoms. The Labute approximate surface area is 121 Å². The van der Waals surface area contributed by atoms with Gasteiger partial charge in [-0.15, -0.1) is 0 Å². The van der Waals surface area contributed by atoms with Crippen LogP contribution in [0.15, 0.2) is 18.2 Å². The summed E-state index contributed by atoms with van der Waals surface area (Å²) in [6.45, 7) is 5.07. The maximum Gasteiger partial charge on any atom is 0.412 e. The van der Waals surface area contributed by atoms with Gasteiger partial charge in [0.1, 0.15) is 17.8 Å². The standard InChI is InChI=1S/C14H16FN3O3/c1-14(2,3)21-13(20)18-11-5-4-9(8-10(11)15)17-12(19)6-7-16/h4-5,8H,6H2,1-3H3,(H,17,19)(H,18,20). The lowest BCUT2D eigenvalue weighted by molar-refractivity contribution is -0.115. The van der Waals surface area contributed by atoms with E-state index in [2.05, 4.69) is 10.6 Å². The number of hydrogen-bond acceptors (Lipinski definition) is 4. The van der Waals surface area contributed by atoms with Crippen LogP contribution in [0.4, 0.5) is 20.6 Å². The third kappa shape index (κ3) is 5.91. The summed E-state index contributed by atoms with van der Waals surface area (Å²) >= 11 is 0. The first-order valence-electron chi connectivity index (χ1n) is 6.17. The lowest BCUT2D eigenvalue weighted by Gasteiger charge is -2.19. The Kier molecular flexibility index (Phi) is 5.24. The zero-order valence-electron chi connectivity index (χ0n) is 12.0. The van der Waals surface area contributed by atoms with Crippen LogP contribution in [-0.2, 0) is 9.53 Å². The van der Waals surface area contributed by atoms with Crippen LogP contribution >= 0.6 is 0 Å². The number of nitrogens with one attached hydrogen (secondary N) is 2. The number of nitriles is 1. The number of nitrogens with zero attached hydrogens (tertiary/aromatic N) is 1. The van der Waals surface area contributed by atoms with Crippen molar-refractivity contribution < 1.29 is 18.7 Å². The summed E-state index contributed by atoms with van der Waals surface area (Å²) in [5, 5.41) is 13.0. The van der Waals surface area contributed by atoms with E-state index in [-0.39, 0.29) is 17.8 Å². The third-order valence-electron chi connectivity index (χ3n) is 2.13. The number of amides is 2. The number of carbonyl (C=O) groups excluding carboxylic acids is 2. The summed E-state index contributed by atoms with van der Waals surface area (Å²) in [4.78, 5) is 22.7. The normalized spacial score (nSPS) is 10.4. The van der Waals surface area contributed by atoms with E-state index in [4.69, 9.17) is 10.00 Å². The number of halogens is 1. The monoisotopic (exact) mass is 293 g/mol. The van der Waals surface area contributed by atoms with Crippen LogP contribution in [0.5, 0.6) is 0 Å². The van der Waals surface area contributed by atoms with Gasteiger partial charge in [0.2, 0.25) is 5.91 Å². The first-order chi connectivity index (χ1) is 9.71. The molecule has 21 heavy (non-hydrogen) atoms. The van der Waals surface area contributed by atoms with Gasteiger partial charge >= 0.3 is 6.09 Å². The molecule has 1 aromatic carbocycles. The van der Waals surface area contributed by atoms with Gasteiger partial charge < -0.3 is 10.1 Å². The summed E-state index contributed by atoms with van der Waals surface area (Å²) in [7, 11) is 0. The molecule has 0 bridgehead atoms. The SMILES string of the molecule is CC(C)(C)OC(=O)Nc1ccc(NC(=O)CC#N)cc1F. The van der Waals surface area contributed by atoms with Crippen LogP contribution in [0, 0.1) is 17.1 Å². The quantitative estimate of drug-likeness (QED) is 0.896. The van der Waals surface area contributed by atoms with Crippen LogP contribution in [-0.4, -0.2) is 17.6 Å². The third-order valence-corrected chi connectivity index (χ3v) is 2.13. The van der Waals surface area contributed by atoms with Gasteiger partial charge in [-0.2, -0.15) is 5.26 Å². The van der Waals surface area contributed by atoms with Crippen LogP contribution in [0.25, 0.3) is 0 Å². The largest absolute Gasteiger partial charge is 0.444 e. The Balaban J connectivity index is 2.73. The fraction of sp³-hybridized carbons (Fsp3) is 0.357. The molecule has 7 heteroatoms. The Morgan fingerprint density at radius 3 is 2.52 bits per heavy atom. The molecular formula is C14H16FN3O3. The van der Waals surface area contributed by atoms with E-state index in [1.54, 1.807) is 26.8 Å². The Hall–Kier alpha value is -2.62. The second-order valence-corrected chi connectivity index (χ2v) is 5.20. The topological polar surface area (TPSA) is 91.2 Å². The fourth-order valence-corrected chi connectivity index (χ4v) is 1.38. The van der Waals surface area contributed by atoms with Gasteiger partial charge in [-0.05, 0) is 39.0 Å². The maximum absolute atomic E-state index is 13.8. The van der Waals surface area contributed by atoms with Crippen molar-refractivity contribution in [2.75, 3.05) is 10.6 Å². The lowest BCUT2D eigenvalue weighted by Crippen LogP contribution is -2.27. The predicted octanol–water partition coefficient (Wildman–Crippen LogP) is 3.02. The minimum Gasteiger partial charge on any atom is -0.444 e. The lowest BCUT2D eigenvalue weighted by atomic mass is 10.2. The Bertz CT molecular complexity index is 588. The van der Waals surface area contributed by atoms with Crippen molar-refractivity contribution in [3.8, 4) is 6.07 Å². The zero-order chi connectivity index (χ0) is 16.0. The average molecular weight is 293 g/mol. The molecule has 2 N–H and O–H groups in total. The smallest absolute Gasteiger partial charge is 0.412 e. The van der Waals surface area contributed by atoms with Crippen molar-refractivity contribution in [2.24, 2.45) is 0 Å². The molecule has 0 aliphatic heterocycles. The summed E-state index contributed by atoms with van der Waals surface area (Å²) < 4.78 is 18.8. The Morgan fingerprint density at radius 1 is 1.33 bits per heavy atom. The molecular weight excluding hydrogens is 277 g/mol. The molecule has 2 amide bonds. The van der Waals surface area contributed by atoms with E-state index >= 15 is 0 Å². The van der Waals surface area contributed by atoms with Gasteiger partial charge in [-0.3, -0.25) is 10.1 Å². The highest BCUT2D eigenvalue weighted by molar-refractivity contribution is 5.92. The second kappa shape index (κ2) is 6.70. The van der Waals surface area contributed by atoms with Crippen molar-refractivity contribution in [1.29, 1.82) is 5.26 Å². The molecule has 0 heterocycles. The van der Waals surface area contributed by atoms with Gasteiger partial charge in [0.05, 0.1) is 11.8 Å². The highest BCUT2D eigenvalue weighted by Crippen LogP contribution is 2.20. The second-order valence-electron chi connectivity index (χ2n) is 5.20. The number of ether oxygens (including phenoxy) is 1.